The molecule has 17 nitrogen and oxygen atoms in total. The Bertz CT molecular complexity index is 1800. The Labute approximate surface area is 357 Å². The van der Waals surface area contributed by atoms with Gasteiger partial charge in [-0.15, -0.1) is 0 Å². The lowest BCUT2D eigenvalue weighted by Crippen LogP contribution is -2.56. The number of carbonyl (C=O) groups excluding carboxylic acids is 8. The maximum atomic E-state index is 14.0. The predicted octanol–water partition coefficient (Wildman–Crippen LogP) is 5.06. The lowest BCUT2D eigenvalue weighted by Gasteiger charge is -2.25. The number of benzene rings is 2. The maximum absolute atomic E-state index is 14.0. The molecule has 17 heteroatoms. The summed E-state index contributed by atoms with van der Waals surface area (Å²) in [6, 6.07) is 9.65. The van der Waals surface area contributed by atoms with Crippen molar-refractivity contribution in [3.05, 3.63) is 70.8 Å². The van der Waals surface area contributed by atoms with Crippen LogP contribution in [0.4, 0.5) is 9.59 Å². The molecule has 0 unspecified atom stereocenters. The molecule has 0 aliphatic heterocycles. The van der Waals surface area contributed by atoms with E-state index in [1.54, 1.807) is 111 Å². The van der Waals surface area contributed by atoms with Gasteiger partial charge in [0.1, 0.15) is 35.9 Å². The largest absolute Gasteiger partial charge is 0.466 e. The fraction of sp³-hybridized carbons (Fsp3) is 0.545. The number of ether oxygens (including phenoxy) is 5. The summed E-state index contributed by atoms with van der Waals surface area (Å²) in [4.78, 5) is 105. The predicted molar refractivity (Wildman–Crippen MR) is 223 cm³/mol. The van der Waals surface area contributed by atoms with Crippen molar-refractivity contribution in [2.24, 2.45) is 0 Å². The molecule has 0 fully saturated rings. The van der Waals surface area contributed by atoms with Crippen LogP contribution in [0.2, 0.25) is 0 Å². The first-order valence-electron chi connectivity index (χ1n) is 20.3. The molecule has 0 saturated carbocycles. The van der Waals surface area contributed by atoms with Crippen molar-refractivity contribution in [1.29, 1.82) is 0 Å². The van der Waals surface area contributed by atoms with E-state index < -0.39 is 90.0 Å². The number of carbonyl (C=O) groups is 8. The average Bonchev–Trinajstić information content (AvgIpc) is 3.15. The molecule has 0 aliphatic rings. The van der Waals surface area contributed by atoms with E-state index in [-0.39, 0.29) is 51.0 Å². The molecule has 2 aromatic rings. The zero-order chi connectivity index (χ0) is 45.8. The average molecular weight is 855 g/mol. The van der Waals surface area contributed by atoms with Gasteiger partial charge in [0.15, 0.2) is 12.4 Å². The van der Waals surface area contributed by atoms with Crippen molar-refractivity contribution in [3.8, 4) is 0 Å². The van der Waals surface area contributed by atoms with Crippen molar-refractivity contribution in [2.75, 3.05) is 19.8 Å². The van der Waals surface area contributed by atoms with E-state index in [2.05, 4.69) is 21.3 Å². The van der Waals surface area contributed by atoms with Crippen LogP contribution >= 0.6 is 0 Å². The van der Waals surface area contributed by atoms with E-state index in [1.165, 1.54) is 0 Å². The molecule has 0 spiro atoms. The Morgan fingerprint density at radius 3 is 1.80 bits per heavy atom. The van der Waals surface area contributed by atoms with Crippen molar-refractivity contribution in [2.45, 2.75) is 137 Å². The molecule has 4 N–H and O–H groups in total. The summed E-state index contributed by atoms with van der Waals surface area (Å²) in [5.41, 5.74) is 0.637. The van der Waals surface area contributed by atoms with Crippen molar-refractivity contribution < 1.29 is 62.0 Å². The van der Waals surface area contributed by atoms with Crippen LogP contribution in [0.15, 0.2) is 48.5 Å². The summed E-state index contributed by atoms with van der Waals surface area (Å²) in [5.74, 6) is -4.84. The highest BCUT2D eigenvalue weighted by molar-refractivity contribution is 5.98. The molecule has 0 heterocycles. The van der Waals surface area contributed by atoms with Crippen molar-refractivity contribution in [1.82, 2.24) is 21.3 Å². The summed E-state index contributed by atoms with van der Waals surface area (Å²) in [5, 5.41) is 10.2. The van der Waals surface area contributed by atoms with Crippen LogP contribution in [0.25, 0.3) is 0 Å². The minimum absolute atomic E-state index is 0.0171. The SMILES string of the molecule is CCOC(=O)C[C@H](NC(=O)[C@H](CCCCNC(=O)OC(C)(C)C)NC(=O)[C@H](CCC(=O)OC(C)(C)C)NC(=O)OCc1ccccc1)C(=O)COC(=O)c1c(C)cccc1C. The van der Waals surface area contributed by atoms with E-state index in [4.69, 9.17) is 23.7 Å². The van der Waals surface area contributed by atoms with Gasteiger partial charge in [0.25, 0.3) is 0 Å². The number of aryl methyl sites for hydroxylation is 2. The molecular weight excluding hydrogens is 792 g/mol. The molecule has 3 atom stereocenters. The van der Waals surface area contributed by atoms with E-state index >= 15 is 0 Å². The van der Waals surface area contributed by atoms with Gasteiger partial charge < -0.3 is 45.0 Å². The normalized spacial score (nSPS) is 12.7. The summed E-state index contributed by atoms with van der Waals surface area (Å²) < 4.78 is 26.3. The van der Waals surface area contributed by atoms with Gasteiger partial charge in [-0.25, -0.2) is 14.4 Å². The van der Waals surface area contributed by atoms with E-state index in [0.717, 1.165) is 0 Å². The van der Waals surface area contributed by atoms with Gasteiger partial charge in [0.2, 0.25) is 11.8 Å². The number of alkyl carbamates (subject to hydrolysis) is 2. The molecule has 0 radical (unpaired) electrons. The Hall–Kier alpha value is -6.00. The summed E-state index contributed by atoms with van der Waals surface area (Å²) in [7, 11) is 0. The first-order valence-corrected chi connectivity index (χ1v) is 20.3. The topological polar surface area (TPSA) is 231 Å². The minimum atomic E-state index is -1.54. The van der Waals surface area contributed by atoms with Crippen LogP contribution < -0.4 is 21.3 Å². The standard InChI is InChI=1S/C44H62N4O13/c1-10-57-36(51)25-33(34(49)27-58-40(54)37-28(2)17-16-18-29(37)3)47-38(52)31(21-14-15-24-45-41(55)61-44(7,8)9)46-39(53)32(22-23-35(50)60-43(4,5)6)48-42(56)59-26-30-19-12-11-13-20-30/h11-13,16-20,31-33H,10,14-15,21-27H2,1-9H3,(H,45,55)(H,46,53)(H,47,52)(H,48,56)/t31-,32-,33-/m0/s1. The molecule has 4 amide bonds. The third-order valence-corrected chi connectivity index (χ3v) is 8.51. The quantitative estimate of drug-likeness (QED) is 0.0690. The van der Waals surface area contributed by atoms with Crippen LogP contribution in [0, 0.1) is 13.8 Å². The Morgan fingerprint density at radius 2 is 1.21 bits per heavy atom. The van der Waals surface area contributed by atoms with Crippen molar-refractivity contribution >= 4 is 47.7 Å². The maximum Gasteiger partial charge on any atom is 0.408 e. The Morgan fingerprint density at radius 1 is 0.623 bits per heavy atom. The number of Topliss-reactive ketones (excluding diaryl/α,β-unsaturated/α-hetero) is 1. The third-order valence-electron chi connectivity index (χ3n) is 8.51. The van der Waals surface area contributed by atoms with Crippen LogP contribution in [-0.2, 0) is 54.3 Å². The van der Waals surface area contributed by atoms with Crippen molar-refractivity contribution in [3.63, 3.8) is 0 Å². The van der Waals surface area contributed by atoms with Crippen LogP contribution in [-0.4, -0.2) is 96.8 Å². The van der Waals surface area contributed by atoms with E-state index in [1.807, 2.05) is 0 Å². The molecule has 0 aliphatic carbocycles. The number of hydrogen-bond donors (Lipinski definition) is 4. The monoisotopic (exact) mass is 854 g/mol. The van der Waals surface area contributed by atoms with E-state index in [9.17, 15) is 38.4 Å². The first-order chi connectivity index (χ1) is 28.6. The number of esters is 3. The molecule has 0 saturated heterocycles. The summed E-state index contributed by atoms with van der Waals surface area (Å²) in [6.07, 6.45) is -2.26. The van der Waals surface area contributed by atoms with Gasteiger partial charge in [0, 0.05) is 13.0 Å². The molecule has 2 rings (SSSR count). The fourth-order valence-corrected chi connectivity index (χ4v) is 5.70. The fourth-order valence-electron chi connectivity index (χ4n) is 5.70. The van der Waals surface area contributed by atoms with Gasteiger partial charge >= 0.3 is 30.1 Å². The highest BCUT2D eigenvalue weighted by atomic mass is 16.6. The minimum Gasteiger partial charge on any atom is -0.466 e. The first kappa shape index (κ1) is 51.1. The van der Waals surface area contributed by atoms with Gasteiger partial charge in [-0.2, -0.15) is 0 Å². The van der Waals surface area contributed by atoms with Gasteiger partial charge in [-0.05, 0) is 105 Å². The molecule has 2 aromatic carbocycles. The number of amides is 4. The van der Waals surface area contributed by atoms with Crippen LogP contribution in [0.3, 0.4) is 0 Å². The number of nitrogens with one attached hydrogen (secondary N) is 4. The highest BCUT2D eigenvalue weighted by Crippen LogP contribution is 2.16. The van der Waals surface area contributed by atoms with E-state index in [0.29, 0.717) is 23.1 Å². The molecule has 336 valence electrons. The lowest BCUT2D eigenvalue weighted by molar-refractivity contribution is -0.155. The second kappa shape index (κ2) is 24.9. The zero-order valence-electron chi connectivity index (χ0n) is 36.7. The number of hydrogen-bond acceptors (Lipinski definition) is 13. The zero-order valence-corrected chi connectivity index (χ0v) is 36.7. The summed E-state index contributed by atoms with van der Waals surface area (Å²) in [6.45, 7) is 14.4. The van der Waals surface area contributed by atoms with Gasteiger partial charge in [-0.3, -0.25) is 24.0 Å². The Kier molecular flexibility index (Phi) is 20.9. The number of ketones is 1. The van der Waals surface area contributed by atoms with Crippen LogP contribution in [0.1, 0.15) is 114 Å². The lowest BCUT2D eigenvalue weighted by atomic mass is 10.0. The van der Waals surface area contributed by atoms with Gasteiger partial charge in [0.05, 0.1) is 18.6 Å². The molecule has 61 heavy (non-hydrogen) atoms. The molecule has 0 bridgehead atoms. The van der Waals surface area contributed by atoms with Crippen LogP contribution in [0.5, 0.6) is 0 Å². The molecular formula is C44H62N4O13. The number of unbranched alkanes of at least 4 members (excludes halogenated alkanes) is 1. The molecule has 0 aromatic heterocycles. The second-order valence-electron chi connectivity index (χ2n) is 16.2. The smallest absolute Gasteiger partial charge is 0.408 e. The number of rotatable bonds is 22. The highest BCUT2D eigenvalue weighted by Gasteiger charge is 2.32. The summed E-state index contributed by atoms with van der Waals surface area (Å²) >= 11 is 0. The third kappa shape index (κ3) is 20.7. The second-order valence-corrected chi connectivity index (χ2v) is 16.2. The van der Waals surface area contributed by atoms with Gasteiger partial charge in [-0.1, -0.05) is 48.5 Å². The Balaban J connectivity index is 2.35.